The molecule has 2 aromatic rings. The summed E-state index contributed by atoms with van der Waals surface area (Å²) in [4.78, 5) is 23.6. The van der Waals surface area contributed by atoms with E-state index in [0.29, 0.717) is 23.1 Å². The Morgan fingerprint density at radius 1 is 1.33 bits per heavy atom. The van der Waals surface area contributed by atoms with Crippen molar-refractivity contribution in [1.82, 2.24) is 15.0 Å². The lowest BCUT2D eigenvalue weighted by Gasteiger charge is -2.08. The number of nitrogens with one attached hydrogen (secondary N) is 1. The molecule has 0 fully saturated rings. The molecule has 0 aliphatic heterocycles. The van der Waals surface area contributed by atoms with Crippen LogP contribution in [0.15, 0.2) is 30.6 Å². The quantitative estimate of drug-likeness (QED) is 0.885. The van der Waals surface area contributed by atoms with E-state index in [2.05, 4.69) is 20.3 Å². The van der Waals surface area contributed by atoms with Crippen molar-refractivity contribution in [2.45, 2.75) is 6.92 Å². The van der Waals surface area contributed by atoms with Crippen LogP contribution in [-0.2, 0) is 4.79 Å². The first-order chi connectivity index (χ1) is 8.70. The third kappa shape index (κ3) is 2.60. The summed E-state index contributed by atoms with van der Waals surface area (Å²) < 4.78 is 5.08. The number of methoxy groups -OCH3 is 1. The van der Waals surface area contributed by atoms with Crippen molar-refractivity contribution >= 4 is 11.7 Å². The zero-order chi connectivity index (χ0) is 13.0. The molecule has 1 amide bonds. The van der Waals surface area contributed by atoms with E-state index in [9.17, 15) is 4.79 Å². The zero-order valence-electron chi connectivity index (χ0n) is 10.0. The highest BCUT2D eigenvalue weighted by Gasteiger charge is 2.10. The van der Waals surface area contributed by atoms with Crippen LogP contribution in [-0.4, -0.2) is 28.0 Å². The van der Waals surface area contributed by atoms with Crippen molar-refractivity contribution in [3.8, 4) is 17.3 Å². The number of pyridine rings is 1. The minimum Gasteiger partial charge on any atom is -0.491 e. The van der Waals surface area contributed by atoms with Crippen LogP contribution < -0.4 is 10.1 Å². The number of rotatable bonds is 3. The second-order valence-electron chi connectivity index (χ2n) is 3.51. The summed E-state index contributed by atoms with van der Waals surface area (Å²) in [6.07, 6.45) is 3.16. The summed E-state index contributed by atoms with van der Waals surface area (Å²) in [5, 5.41) is 2.59. The highest BCUT2D eigenvalue weighted by molar-refractivity contribution is 5.89. The summed E-state index contributed by atoms with van der Waals surface area (Å²) in [7, 11) is 1.49. The Bertz CT molecular complexity index is 557. The van der Waals surface area contributed by atoms with Gasteiger partial charge in [-0.2, -0.15) is 0 Å². The van der Waals surface area contributed by atoms with E-state index in [-0.39, 0.29) is 5.91 Å². The van der Waals surface area contributed by atoms with E-state index in [1.807, 2.05) is 12.1 Å². The molecule has 0 radical (unpaired) electrons. The molecule has 0 aliphatic rings. The number of ether oxygens (including phenoxy) is 1. The molecule has 0 spiro atoms. The topological polar surface area (TPSA) is 77.0 Å². The number of amides is 1. The van der Waals surface area contributed by atoms with Gasteiger partial charge in [-0.1, -0.05) is 6.07 Å². The van der Waals surface area contributed by atoms with E-state index in [0.717, 1.165) is 0 Å². The van der Waals surface area contributed by atoms with Crippen molar-refractivity contribution in [3.63, 3.8) is 0 Å². The standard InChI is InChI=1S/C12H12N4O2/c1-8(17)15-12-10(18-2)7-14-11(16-12)9-5-3-4-6-13-9/h3-7H,1-2H3,(H,14,15,16,17). The van der Waals surface area contributed by atoms with Gasteiger partial charge in [-0.25, -0.2) is 9.97 Å². The van der Waals surface area contributed by atoms with Gasteiger partial charge in [0.05, 0.1) is 13.3 Å². The van der Waals surface area contributed by atoms with Crippen molar-refractivity contribution in [2.24, 2.45) is 0 Å². The maximum absolute atomic E-state index is 11.1. The van der Waals surface area contributed by atoms with Crippen LogP contribution in [0, 0.1) is 0 Å². The normalized spacial score (nSPS) is 9.89. The Balaban J connectivity index is 2.42. The van der Waals surface area contributed by atoms with Gasteiger partial charge in [-0.05, 0) is 12.1 Å². The van der Waals surface area contributed by atoms with Gasteiger partial charge in [0, 0.05) is 13.1 Å². The minimum atomic E-state index is -0.223. The molecule has 0 unspecified atom stereocenters. The number of hydrogen-bond acceptors (Lipinski definition) is 5. The number of carbonyl (C=O) groups is 1. The number of aromatic nitrogens is 3. The van der Waals surface area contributed by atoms with Gasteiger partial charge in [-0.15, -0.1) is 0 Å². The molecule has 0 saturated carbocycles. The summed E-state index contributed by atoms with van der Waals surface area (Å²) >= 11 is 0. The van der Waals surface area contributed by atoms with E-state index in [1.54, 1.807) is 12.3 Å². The van der Waals surface area contributed by atoms with Gasteiger partial charge in [-0.3, -0.25) is 9.78 Å². The maximum atomic E-state index is 11.1. The van der Waals surface area contributed by atoms with Gasteiger partial charge < -0.3 is 10.1 Å². The molecule has 2 aromatic heterocycles. The SMILES string of the molecule is COc1cnc(-c2ccccn2)nc1NC(C)=O. The van der Waals surface area contributed by atoms with Crippen LogP contribution in [0.5, 0.6) is 5.75 Å². The first kappa shape index (κ1) is 12.0. The monoisotopic (exact) mass is 244 g/mol. The molecule has 2 heterocycles. The van der Waals surface area contributed by atoms with E-state index in [4.69, 9.17) is 4.74 Å². The molecular weight excluding hydrogens is 232 g/mol. The van der Waals surface area contributed by atoms with Gasteiger partial charge in [0.25, 0.3) is 0 Å². The van der Waals surface area contributed by atoms with E-state index >= 15 is 0 Å². The fraction of sp³-hybridized carbons (Fsp3) is 0.167. The molecule has 92 valence electrons. The largest absolute Gasteiger partial charge is 0.491 e. The van der Waals surface area contributed by atoms with Crippen molar-refractivity contribution < 1.29 is 9.53 Å². The second-order valence-corrected chi connectivity index (χ2v) is 3.51. The lowest BCUT2D eigenvalue weighted by molar-refractivity contribution is -0.114. The number of anilines is 1. The Labute approximate surface area is 104 Å². The third-order valence-corrected chi connectivity index (χ3v) is 2.16. The predicted molar refractivity (Wildman–Crippen MR) is 66.1 cm³/mol. The van der Waals surface area contributed by atoms with E-state index < -0.39 is 0 Å². The van der Waals surface area contributed by atoms with Gasteiger partial charge in [0.1, 0.15) is 5.69 Å². The third-order valence-electron chi connectivity index (χ3n) is 2.16. The molecule has 2 rings (SSSR count). The molecule has 18 heavy (non-hydrogen) atoms. The Hall–Kier alpha value is -2.50. The van der Waals surface area contributed by atoms with Crippen molar-refractivity contribution in [1.29, 1.82) is 0 Å². The van der Waals surface area contributed by atoms with Gasteiger partial charge in [0.2, 0.25) is 5.91 Å². The van der Waals surface area contributed by atoms with Crippen LogP contribution in [0.1, 0.15) is 6.92 Å². The Kier molecular flexibility index (Phi) is 3.47. The number of hydrogen-bond donors (Lipinski definition) is 1. The molecule has 0 aliphatic carbocycles. The molecule has 6 nitrogen and oxygen atoms in total. The summed E-state index contributed by atoms with van der Waals surface area (Å²) in [5.74, 6) is 0.949. The molecule has 6 heteroatoms. The predicted octanol–water partition coefficient (Wildman–Crippen LogP) is 1.51. The first-order valence-electron chi connectivity index (χ1n) is 5.30. The molecular formula is C12H12N4O2. The van der Waals surface area contributed by atoms with Crippen LogP contribution in [0.2, 0.25) is 0 Å². The molecule has 0 saturated heterocycles. The smallest absolute Gasteiger partial charge is 0.222 e. The lowest BCUT2D eigenvalue weighted by atomic mass is 10.3. The molecule has 0 aromatic carbocycles. The molecule has 0 bridgehead atoms. The average molecular weight is 244 g/mol. The zero-order valence-corrected chi connectivity index (χ0v) is 10.0. The summed E-state index contributed by atoms with van der Waals surface area (Å²) in [5.41, 5.74) is 0.631. The molecule has 1 N–H and O–H groups in total. The fourth-order valence-electron chi connectivity index (χ4n) is 1.39. The van der Waals surface area contributed by atoms with Crippen LogP contribution in [0.4, 0.5) is 5.82 Å². The highest BCUT2D eigenvalue weighted by Crippen LogP contribution is 2.23. The highest BCUT2D eigenvalue weighted by atomic mass is 16.5. The lowest BCUT2D eigenvalue weighted by Crippen LogP contribution is -2.10. The second kappa shape index (κ2) is 5.22. The van der Waals surface area contributed by atoms with Crippen LogP contribution >= 0.6 is 0 Å². The van der Waals surface area contributed by atoms with Crippen LogP contribution in [0.25, 0.3) is 11.5 Å². The minimum absolute atomic E-state index is 0.223. The van der Waals surface area contributed by atoms with E-state index in [1.165, 1.54) is 20.2 Å². The average Bonchev–Trinajstić information content (AvgIpc) is 2.39. The number of carbonyl (C=O) groups excluding carboxylic acids is 1. The Morgan fingerprint density at radius 3 is 2.78 bits per heavy atom. The van der Waals surface area contributed by atoms with Crippen LogP contribution in [0.3, 0.4) is 0 Å². The number of nitrogens with zero attached hydrogens (tertiary/aromatic N) is 3. The van der Waals surface area contributed by atoms with Crippen molar-refractivity contribution in [3.05, 3.63) is 30.6 Å². The van der Waals surface area contributed by atoms with Gasteiger partial charge >= 0.3 is 0 Å². The summed E-state index contributed by atoms with van der Waals surface area (Å²) in [6, 6.07) is 5.44. The van der Waals surface area contributed by atoms with Crippen molar-refractivity contribution in [2.75, 3.05) is 12.4 Å². The summed E-state index contributed by atoms with van der Waals surface area (Å²) in [6.45, 7) is 1.40. The van der Waals surface area contributed by atoms with Gasteiger partial charge in [0.15, 0.2) is 17.4 Å². The fourth-order valence-corrected chi connectivity index (χ4v) is 1.39. The Morgan fingerprint density at radius 2 is 2.17 bits per heavy atom. The molecule has 0 atom stereocenters. The first-order valence-corrected chi connectivity index (χ1v) is 5.30. The maximum Gasteiger partial charge on any atom is 0.222 e.